The largest absolute Gasteiger partial charge is 0.484 e. The summed E-state index contributed by atoms with van der Waals surface area (Å²) in [7, 11) is 0. The molecule has 0 unspecified atom stereocenters. The van der Waals surface area contributed by atoms with Crippen LogP contribution < -0.4 is 4.74 Å². The number of fused-ring (bicyclic) bond motifs is 3. The fourth-order valence-corrected chi connectivity index (χ4v) is 2.25. The lowest BCUT2D eigenvalue weighted by Crippen LogP contribution is -2.05. The van der Waals surface area contributed by atoms with Crippen molar-refractivity contribution in [1.29, 1.82) is 0 Å². The summed E-state index contributed by atoms with van der Waals surface area (Å²) >= 11 is 0. The molecule has 92 valence electrons. The topological polar surface area (TPSA) is 70.2 Å². The van der Waals surface area contributed by atoms with Gasteiger partial charge in [0.2, 0.25) is 5.75 Å². The summed E-state index contributed by atoms with van der Waals surface area (Å²) in [6.45, 7) is 2.93. The molecule has 0 atom stereocenters. The quantitative estimate of drug-likeness (QED) is 0.570. The Hall–Kier alpha value is -2.37. The maximum atomic E-state index is 11.0. The van der Waals surface area contributed by atoms with Crippen LogP contribution in [0.2, 0.25) is 0 Å². The number of hydrogen-bond donors (Lipinski definition) is 0. The molecule has 18 heavy (non-hydrogen) atoms. The first-order valence-corrected chi connectivity index (χ1v) is 5.61. The third kappa shape index (κ3) is 1.46. The second kappa shape index (κ2) is 3.83. The second-order valence-electron chi connectivity index (χ2n) is 4.13. The number of para-hydroxylation sites is 1. The van der Waals surface area contributed by atoms with Gasteiger partial charge in [0.05, 0.1) is 29.2 Å². The van der Waals surface area contributed by atoms with Gasteiger partial charge in [0.1, 0.15) is 6.61 Å². The van der Waals surface area contributed by atoms with Crippen molar-refractivity contribution >= 4 is 5.69 Å². The predicted octanol–water partition coefficient (Wildman–Crippen LogP) is 2.16. The molecule has 0 saturated heterocycles. The molecule has 0 aliphatic carbocycles. The molecular weight excluding hydrogens is 234 g/mol. The van der Waals surface area contributed by atoms with Gasteiger partial charge in [-0.2, -0.15) is 0 Å². The van der Waals surface area contributed by atoms with Gasteiger partial charge in [0, 0.05) is 11.6 Å². The fraction of sp³-hybridized carbons (Fsp3) is 0.250. The van der Waals surface area contributed by atoms with E-state index in [1.54, 1.807) is 12.4 Å². The minimum Gasteiger partial charge on any atom is -0.484 e. The van der Waals surface area contributed by atoms with Crippen LogP contribution in [0.5, 0.6) is 5.75 Å². The van der Waals surface area contributed by atoms with Crippen LogP contribution in [0.3, 0.4) is 0 Å². The van der Waals surface area contributed by atoms with Crippen LogP contribution in [0.4, 0.5) is 5.69 Å². The zero-order valence-corrected chi connectivity index (χ0v) is 9.79. The zero-order chi connectivity index (χ0) is 12.7. The van der Waals surface area contributed by atoms with Crippen molar-refractivity contribution in [3.8, 4) is 17.0 Å². The lowest BCUT2D eigenvalue weighted by molar-refractivity contribution is -0.385. The number of nitro groups is 1. The van der Waals surface area contributed by atoms with E-state index in [1.165, 1.54) is 6.07 Å². The summed E-state index contributed by atoms with van der Waals surface area (Å²) in [5.74, 6) is 0.338. The van der Waals surface area contributed by atoms with E-state index in [1.807, 2.05) is 17.6 Å². The number of imidazole rings is 1. The summed E-state index contributed by atoms with van der Waals surface area (Å²) in [5.41, 5.74) is 2.48. The molecule has 6 heteroatoms. The summed E-state index contributed by atoms with van der Waals surface area (Å²) in [4.78, 5) is 14.9. The van der Waals surface area contributed by atoms with Crippen molar-refractivity contribution in [3.63, 3.8) is 0 Å². The Bertz CT molecular complexity index is 633. The van der Waals surface area contributed by atoms with Gasteiger partial charge in [-0.05, 0) is 13.0 Å². The Morgan fingerprint density at radius 3 is 3.11 bits per heavy atom. The molecule has 1 aliphatic heterocycles. The monoisotopic (exact) mass is 245 g/mol. The molecule has 0 fully saturated rings. The second-order valence-corrected chi connectivity index (χ2v) is 4.13. The minimum absolute atomic E-state index is 0.00144. The van der Waals surface area contributed by atoms with Crippen LogP contribution in [0, 0.1) is 17.0 Å². The van der Waals surface area contributed by atoms with Gasteiger partial charge in [-0.3, -0.25) is 10.1 Å². The predicted molar refractivity (Wildman–Crippen MR) is 64.5 cm³/mol. The highest BCUT2D eigenvalue weighted by Gasteiger charge is 2.25. The number of aryl methyl sites for hydroxylation is 1. The van der Waals surface area contributed by atoms with E-state index < -0.39 is 4.92 Å². The molecule has 0 bridgehead atoms. The maximum absolute atomic E-state index is 11.0. The van der Waals surface area contributed by atoms with Crippen LogP contribution in [-0.4, -0.2) is 21.1 Å². The third-order valence-electron chi connectivity index (χ3n) is 3.05. The standard InChI is InChI=1S/C12H11N3O3/c1-8-11-9-3-2-4-10(15(16)17)12(9)18-6-5-14(11)7-13-8/h2-4,7H,5-6H2,1H3. The number of rotatable bonds is 1. The Morgan fingerprint density at radius 2 is 2.33 bits per heavy atom. The summed E-state index contributed by atoms with van der Waals surface area (Å²) in [5, 5.41) is 11.0. The highest BCUT2D eigenvalue weighted by molar-refractivity contribution is 5.75. The minimum atomic E-state index is -0.416. The van der Waals surface area contributed by atoms with Crippen LogP contribution in [-0.2, 0) is 6.54 Å². The summed E-state index contributed by atoms with van der Waals surface area (Å²) < 4.78 is 7.51. The van der Waals surface area contributed by atoms with Crippen LogP contribution in [0.1, 0.15) is 5.69 Å². The van der Waals surface area contributed by atoms with E-state index in [9.17, 15) is 10.1 Å². The van der Waals surface area contributed by atoms with E-state index in [0.717, 1.165) is 17.0 Å². The molecule has 6 nitrogen and oxygen atoms in total. The summed E-state index contributed by atoms with van der Waals surface area (Å²) in [6, 6.07) is 4.96. The van der Waals surface area contributed by atoms with Gasteiger partial charge in [0.15, 0.2) is 0 Å². The Morgan fingerprint density at radius 1 is 1.50 bits per heavy atom. The Labute approximate surface area is 103 Å². The number of hydrogen-bond acceptors (Lipinski definition) is 4. The highest BCUT2D eigenvalue weighted by Crippen LogP contribution is 2.40. The fourth-order valence-electron chi connectivity index (χ4n) is 2.25. The zero-order valence-electron chi connectivity index (χ0n) is 9.79. The van der Waals surface area contributed by atoms with Gasteiger partial charge in [0.25, 0.3) is 0 Å². The van der Waals surface area contributed by atoms with Crippen LogP contribution in [0.25, 0.3) is 11.3 Å². The number of benzene rings is 1. The molecule has 3 rings (SSSR count). The van der Waals surface area contributed by atoms with E-state index >= 15 is 0 Å². The van der Waals surface area contributed by atoms with Gasteiger partial charge < -0.3 is 9.30 Å². The van der Waals surface area contributed by atoms with E-state index in [-0.39, 0.29) is 5.69 Å². The van der Waals surface area contributed by atoms with E-state index in [0.29, 0.717) is 18.9 Å². The first-order valence-electron chi connectivity index (χ1n) is 5.61. The molecule has 1 aromatic heterocycles. The van der Waals surface area contributed by atoms with E-state index in [4.69, 9.17) is 4.74 Å². The van der Waals surface area contributed by atoms with E-state index in [2.05, 4.69) is 4.98 Å². The average molecular weight is 245 g/mol. The average Bonchev–Trinajstić information content (AvgIpc) is 2.60. The van der Waals surface area contributed by atoms with Crippen molar-refractivity contribution in [2.75, 3.05) is 6.61 Å². The molecule has 0 radical (unpaired) electrons. The molecule has 1 aromatic carbocycles. The summed E-state index contributed by atoms with van der Waals surface area (Å²) in [6.07, 6.45) is 1.74. The van der Waals surface area contributed by atoms with Gasteiger partial charge in [-0.1, -0.05) is 6.07 Å². The van der Waals surface area contributed by atoms with Crippen molar-refractivity contribution < 1.29 is 9.66 Å². The van der Waals surface area contributed by atoms with Crippen molar-refractivity contribution in [1.82, 2.24) is 9.55 Å². The molecule has 1 aliphatic rings. The Kier molecular flexibility index (Phi) is 2.29. The molecule has 0 N–H and O–H groups in total. The Balaban J connectivity index is 2.31. The first kappa shape index (κ1) is 10.8. The van der Waals surface area contributed by atoms with Crippen LogP contribution >= 0.6 is 0 Å². The van der Waals surface area contributed by atoms with Crippen molar-refractivity contribution in [2.24, 2.45) is 0 Å². The highest BCUT2D eigenvalue weighted by atomic mass is 16.6. The molecule has 0 saturated carbocycles. The lowest BCUT2D eigenvalue weighted by Gasteiger charge is -2.07. The SMILES string of the molecule is Cc1ncn2c1-c1cccc([N+](=O)[O-])c1OCC2. The van der Waals surface area contributed by atoms with Crippen LogP contribution in [0.15, 0.2) is 24.5 Å². The lowest BCUT2D eigenvalue weighted by atomic mass is 10.1. The van der Waals surface area contributed by atoms with Crippen molar-refractivity contribution in [3.05, 3.63) is 40.3 Å². The molecular formula is C12H11N3O3. The van der Waals surface area contributed by atoms with Gasteiger partial charge >= 0.3 is 5.69 Å². The molecule has 2 aromatic rings. The van der Waals surface area contributed by atoms with Gasteiger partial charge in [-0.15, -0.1) is 0 Å². The molecule has 2 heterocycles. The number of ether oxygens (including phenoxy) is 1. The number of nitrogens with zero attached hydrogens (tertiary/aromatic N) is 3. The third-order valence-corrected chi connectivity index (χ3v) is 3.05. The number of nitro benzene ring substituents is 1. The molecule has 0 amide bonds. The first-order chi connectivity index (χ1) is 8.68. The smallest absolute Gasteiger partial charge is 0.311 e. The number of aromatic nitrogens is 2. The maximum Gasteiger partial charge on any atom is 0.311 e. The van der Waals surface area contributed by atoms with Crippen molar-refractivity contribution in [2.45, 2.75) is 13.5 Å². The molecule has 0 spiro atoms. The van der Waals surface area contributed by atoms with Gasteiger partial charge in [-0.25, -0.2) is 4.98 Å². The normalized spacial score (nSPS) is 13.2.